The number of hydrogen-bond donors (Lipinski definition) is 1. The van der Waals surface area contributed by atoms with Crippen molar-refractivity contribution in [2.24, 2.45) is 0 Å². The number of hydrogen-bond acceptors (Lipinski definition) is 2. The first-order valence-electron chi connectivity index (χ1n) is 10.1. The molecule has 0 atom stereocenters. The number of H-pyrrole nitrogens is 1. The Kier molecular flexibility index (Phi) is 6.09. The highest BCUT2D eigenvalue weighted by atomic mass is 35.5. The van der Waals surface area contributed by atoms with Crippen LogP contribution in [0.5, 0.6) is 5.75 Å². The second-order valence-electron chi connectivity index (χ2n) is 7.86. The third kappa shape index (κ3) is 4.73. The second kappa shape index (κ2) is 8.64. The number of halogens is 7. The van der Waals surface area contributed by atoms with Crippen LogP contribution in [0.4, 0.5) is 26.3 Å². The zero-order valence-corrected chi connectivity index (χ0v) is 18.9. The Morgan fingerprint density at radius 3 is 1.86 bits per heavy atom. The molecule has 0 saturated heterocycles. The Labute approximate surface area is 199 Å². The molecule has 0 saturated carbocycles. The van der Waals surface area contributed by atoms with Gasteiger partial charge in [0.25, 0.3) is 0 Å². The number of rotatable bonds is 3. The van der Waals surface area contributed by atoms with Crippen molar-refractivity contribution in [2.75, 3.05) is 7.11 Å². The maximum atomic E-state index is 13.2. The van der Waals surface area contributed by atoms with Crippen LogP contribution in [0.15, 0.2) is 59.4 Å². The van der Waals surface area contributed by atoms with Gasteiger partial charge in [-0.15, -0.1) is 0 Å². The molecule has 0 aliphatic carbocycles. The molecule has 3 aromatic carbocycles. The number of aromatic amines is 1. The zero-order valence-electron chi connectivity index (χ0n) is 18.2. The van der Waals surface area contributed by atoms with E-state index in [1.807, 2.05) is 0 Å². The molecule has 0 spiro atoms. The molecule has 35 heavy (non-hydrogen) atoms. The third-order valence-electron chi connectivity index (χ3n) is 5.56. The number of fused-ring (bicyclic) bond motifs is 1. The van der Waals surface area contributed by atoms with Crippen molar-refractivity contribution in [3.8, 4) is 28.0 Å². The molecule has 0 aliphatic rings. The highest BCUT2D eigenvalue weighted by Gasteiger charge is 2.37. The summed E-state index contributed by atoms with van der Waals surface area (Å²) in [5, 5.41) is 0.536. The maximum Gasteiger partial charge on any atom is 0.416 e. The van der Waals surface area contributed by atoms with Crippen molar-refractivity contribution < 1.29 is 31.1 Å². The van der Waals surface area contributed by atoms with Crippen LogP contribution in [0.3, 0.4) is 0 Å². The molecule has 0 aliphatic heterocycles. The Morgan fingerprint density at radius 2 is 1.34 bits per heavy atom. The van der Waals surface area contributed by atoms with Crippen molar-refractivity contribution in [1.29, 1.82) is 0 Å². The van der Waals surface area contributed by atoms with E-state index in [1.165, 1.54) is 37.4 Å². The largest absolute Gasteiger partial charge is 0.495 e. The van der Waals surface area contributed by atoms with E-state index >= 15 is 0 Å². The third-order valence-corrected chi connectivity index (χ3v) is 5.85. The van der Waals surface area contributed by atoms with E-state index in [0.717, 1.165) is 0 Å². The van der Waals surface area contributed by atoms with E-state index in [1.54, 1.807) is 13.0 Å². The van der Waals surface area contributed by atoms with E-state index < -0.39 is 23.5 Å². The Hall–Kier alpha value is -3.46. The smallest absolute Gasteiger partial charge is 0.416 e. The lowest BCUT2D eigenvalue weighted by atomic mass is 9.96. The molecule has 10 heteroatoms. The fourth-order valence-corrected chi connectivity index (χ4v) is 4.11. The summed E-state index contributed by atoms with van der Waals surface area (Å²) in [5.74, 6) is 0.380. The molecule has 4 rings (SSSR count). The van der Waals surface area contributed by atoms with Gasteiger partial charge >= 0.3 is 12.4 Å². The van der Waals surface area contributed by atoms with Crippen LogP contribution in [-0.2, 0) is 12.4 Å². The predicted octanol–water partition coefficient (Wildman–Crippen LogP) is 7.87. The molecule has 182 valence electrons. The quantitative estimate of drug-likeness (QED) is 0.284. The van der Waals surface area contributed by atoms with E-state index in [9.17, 15) is 31.1 Å². The summed E-state index contributed by atoms with van der Waals surface area (Å²) in [6.07, 6.45) is -9.90. The normalized spacial score (nSPS) is 12.3. The average molecular weight is 512 g/mol. The minimum Gasteiger partial charge on any atom is -0.495 e. The average Bonchev–Trinajstić information content (AvgIpc) is 2.78. The summed E-state index contributed by atoms with van der Waals surface area (Å²) in [5.41, 5.74) is -1.52. The van der Waals surface area contributed by atoms with Crippen molar-refractivity contribution >= 4 is 22.5 Å². The van der Waals surface area contributed by atoms with Gasteiger partial charge in [-0.25, -0.2) is 0 Å². The van der Waals surface area contributed by atoms with Gasteiger partial charge in [0.05, 0.1) is 28.8 Å². The monoisotopic (exact) mass is 511 g/mol. The van der Waals surface area contributed by atoms with Gasteiger partial charge in [0.2, 0.25) is 0 Å². The molecule has 0 bridgehead atoms. The number of ether oxygens (including phenoxy) is 1. The Bertz CT molecular complexity index is 1460. The van der Waals surface area contributed by atoms with Gasteiger partial charge in [0, 0.05) is 22.7 Å². The van der Waals surface area contributed by atoms with Crippen LogP contribution in [0, 0.1) is 6.92 Å². The number of benzene rings is 3. The Balaban J connectivity index is 1.82. The van der Waals surface area contributed by atoms with Crippen LogP contribution in [0.25, 0.3) is 33.2 Å². The maximum absolute atomic E-state index is 13.2. The summed E-state index contributed by atoms with van der Waals surface area (Å²) < 4.78 is 84.4. The van der Waals surface area contributed by atoms with E-state index in [4.69, 9.17) is 16.3 Å². The molecular weight excluding hydrogens is 496 g/mol. The van der Waals surface area contributed by atoms with Gasteiger partial charge in [0.1, 0.15) is 5.75 Å². The van der Waals surface area contributed by atoms with Crippen LogP contribution in [0.2, 0.25) is 5.02 Å². The first kappa shape index (κ1) is 24.7. The van der Waals surface area contributed by atoms with Crippen molar-refractivity contribution in [2.45, 2.75) is 19.3 Å². The molecule has 1 N–H and O–H groups in total. The van der Waals surface area contributed by atoms with Gasteiger partial charge in [-0.1, -0.05) is 35.9 Å². The highest BCUT2D eigenvalue weighted by molar-refractivity contribution is 6.32. The summed E-state index contributed by atoms with van der Waals surface area (Å²) in [6.45, 7) is 1.67. The van der Waals surface area contributed by atoms with Crippen LogP contribution >= 0.6 is 11.6 Å². The molecule has 4 aromatic rings. The van der Waals surface area contributed by atoms with Gasteiger partial charge in [-0.05, 0) is 47.9 Å². The number of methoxy groups -OCH3 is 1. The molecule has 1 heterocycles. The summed E-state index contributed by atoms with van der Waals surface area (Å²) in [4.78, 5) is 16.3. The first-order chi connectivity index (χ1) is 16.3. The minimum absolute atomic E-state index is 0.0793. The highest BCUT2D eigenvalue weighted by Crippen LogP contribution is 2.39. The fourth-order valence-electron chi connectivity index (χ4n) is 3.87. The van der Waals surface area contributed by atoms with Crippen molar-refractivity contribution in [3.05, 3.63) is 86.7 Å². The topological polar surface area (TPSA) is 42.1 Å². The predicted molar refractivity (Wildman–Crippen MR) is 122 cm³/mol. The van der Waals surface area contributed by atoms with Crippen LogP contribution in [-0.4, -0.2) is 12.1 Å². The summed E-state index contributed by atoms with van der Waals surface area (Å²) in [7, 11) is 1.44. The number of alkyl halides is 6. The number of pyridine rings is 1. The molecule has 0 fully saturated rings. The lowest BCUT2D eigenvalue weighted by Crippen LogP contribution is -2.11. The van der Waals surface area contributed by atoms with E-state index in [0.29, 0.717) is 45.6 Å². The summed E-state index contributed by atoms with van der Waals surface area (Å²) in [6, 6.07) is 10.1. The second-order valence-corrected chi connectivity index (χ2v) is 8.27. The standard InChI is InChI=1S/C25H16ClF6NO2/c1-12-22(23(34)18-10-19(26)21(35-2)11-20(18)33-12)14-5-3-13(4-6-14)15-7-16(24(27,28)29)9-17(8-15)25(30,31)32/h3-11H,1-2H3,(H,33,34). The summed E-state index contributed by atoms with van der Waals surface area (Å²) >= 11 is 6.15. The molecule has 0 amide bonds. The lowest BCUT2D eigenvalue weighted by molar-refractivity contribution is -0.143. The SMILES string of the molecule is COc1cc2[nH]c(C)c(-c3ccc(-c4cc(C(F)(F)F)cc(C(F)(F)F)c4)cc3)c(=O)c2cc1Cl. The number of aromatic nitrogens is 1. The Morgan fingerprint density at radius 1 is 0.800 bits per heavy atom. The molecule has 0 radical (unpaired) electrons. The minimum atomic E-state index is -4.95. The van der Waals surface area contributed by atoms with Crippen molar-refractivity contribution in [1.82, 2.24) is 4.98 Å². The molecule has 1 aromatic heterocycles. The van der Waals surface area contributed by atoms with Crippen LogP contribution in [0.1, 0.15) is 16.8 Å². The van der Waals surface area contributed by atoms with E-state index in [-0.39, 0.29) is 27.6 Å². The lowest BCUT2D eigenvalue weighted by Gasteiger charge is -2.15. The van der Waals surface area contributed by atoms with Gasteiger partial charge in [-0.2, -0.15) is 26.3 Å². The van der Waals surface area contributed by atoms with Crippen LogP contribution < -0.4 is 10.2 Å². The van der Waals surface area contributed by atoms with Gasteiger partial charge in [0.15, 0.2) is 5.43 Å². The first-order valence-corrected chi connectivity index (χ1v) is 10.5. The molecule has 0 unspecified atom stereocenters. The van der Waals surface area contributed by atoms with E-state index in [2.05, 4.69) is 4.98 Å². The fraction of sp³-hybridized carbons (Fsp3) is 0.160. The van der Waals surface area contributed by atoms with Gasteiger partial charge in [-0.3, -0.25) is 4.79 Å². The number of nitrogens with one attached hydrogen (secondary N) is 1. The number of aryl methyl sites for hydroxylation is 1. The van der Waals surface area contributed by atoms with Gasteiger partial charge < -0.3 is 9.72 Å². The molecular formula is C25H16ClF6NO2. The van der Waals surface area contributed by atoms with Crippen molar-refractivity contribution in [3.63, 3.8) is 0 Å². The molecule has 3 nitrogen and oxygen atoms in total. The zero-order chi connectivity index (χ0) is 25.7.